The van der Waals surface area contributed by atoms with E-state index in [1.807, 2.05) is 0 Å². The van der Waals surface area contributed by atoms with Crippen LogP contribution < -0.4 is 5.73 Å². The standard InChI is InChI=1S/C8H13N3O/c1-11-3-2-7-8(6(11)4-9)10-5-12-7/h5-6H,2-4,9H2,1H3. The molecule has 4 nitrogen and oxygen atoms in total. The normalized spacial score (nSPS) is 24.0. The van der Waals surface area contributed by atoms with E-state index < -0.39 is 0 Å². The summed E-state index contributed by atoms with van der Waals surface area (Å²) < 4.78 is 5.24. The van der Waals surface area contributed by atoms with Crippen LogP contribution in [0, 0.1) is 0 Å². The van der Waals surface area contributed by atoms with E-state index in [-0.39, 0.29) is 6.04 Å². The summed E-state index contributed by atoms with van der Waals surface area (Å²) >= 11 is 0. The summed E-state index contributed by atoms with van der Waals surface area (Å²) in [5.74, 6) is 1.00. The zero-order chi connectivity index (χ0) is 8.55. The highest BCUT2D eigenvalue weighted by Crippen LogP contribution is 2.25. The maximum absolute atomic E-state index is 5.64. The van der Waals surface area contributed by atoms with Gasteiger partial charge in [-0.2, -0.15) is 0 Å². The van der Waals surface area contributed by atoms with Crippen molar-refractivity contribution in [3.63, 3.8) is 0 Å². The highest BCUT2D eigenvalue weighted by atomic mass is 16.3. The molecule has 1 atom stereocenters. The van der Waals surface area contributed by atoms with Gasteiger partial charge in [0.05, 0.1) is 6.04 Å². The molecule has 4 heteroatoms. The van der Waals surface area contributed by atoms with Gasteiger partial charge in [-0.1, -0.05) is 0 Å². The molecule has 12 heavy (non-hydrogen) atoms. The molecular formula is C8H13N3O. The van der Waals surface area contributed by atoms with Crippen molar-refractivity contribution in [2.75, 3.05) is 20.1 Å². The lowest BCUT2D eigenvalue weighted by Crippen LogP contribution is -2.36. The molecule has 1 aliphatic rings. The third kappa shape index (κ3) is 1.04. The maximum Gasteiger partial charge on any atom is 0.181 e. The molecule has 0 bridgehead atoms. The maximum atomic E-state index is 5.64. The Hall–Kier alpha value is -0.870. The van der Waals surface area contributed by atoms with Gasteiger partial charge in [0.2, 0.25) is 0 Å². The molecule has 0 aliphatic carbocycles. The summed E-state index contributed by atoms with van der Waals surface area (Å²) in [7, 11) is 2.06. The average molecular weight is 167 g/mol. The van der Waals surface area contributed by atoms with Gasteiger partial charge in [0.15, 0.2) is 6.39 Å². The smallest absolute Gasteiger partial charge is 0.181 e. The second-order valence-electron chi connectivity index (χ2n) is 3.14. The van der Waals surface area contributed by atoms with E-state index in [9.17, 15) is 0 Å². The predicted octanol–water partition coefficient (Wildman–Crippen LogP) is 0.162. The Kier molecular flexibility index (Phi) is 1.86. The minimum absolute atomic E-state index is 0.243. The van der Waals surface area contributed by atoms with E-state index in [0.717, 1.165) is 24.4 Å². The van der Waals surface area contributed by atoms with Gasteiger partial charge in [-0.15, -0.1) is 0 Å². The summed E-state index contributed by atoms with van der Waals surface area (Å²) in [6.45, 7) is 1.61. The first-order valence-corrected chi connectivity index (χ1v) is 4.15. The minimum atomic E-state index is 0.243. The van der Waals surface area contributed by atoms with Crippen molar-refractivity contribution in [2.24, 2.45) is 5.73 Å². The van der Waals surface area contributed by atoms with Crippen molar-refractivity contribution in [2.45, 2.75) is 12.5 Å². The molecule has 1 aromatic heterocycles. The van der Waals surface area contributed by atoms with Crippen molar-refractivity contribution in [3.05, 3.63) is 17.8 Å². The lowest BCUT2D eigenvalue weighted by Gasteiger charge is -2.29. The predicted molar refractivity (Wildman–Crippen MR) is 44.6 cm³/mol. The first-order valence-electron chi connectivity index (χ1n) is 4.15. The van der Waals surface area contributed by atoms with Gasteiger partial charge in [0.1, 0.15) is 11.5 Å². The summed E-state index contributed by atoms with van der Waals surface area (Å²) in [6, 6.07) is 0.243. The average Bonchev–Trinajstić information content (AvgIpc) is 2.52. The van der Waals surface area contributed by atoms with Gasteiger partial charge in [-0.25, -0.2) is 4.98 Å². The lowest BCUT2D eigenvalue weighted by atomic mass is 10.1. The van der Waals surface area contributed by atoms with Crippen LogP contribution in [0.1, 0.15) is 17.5 Å². The van der Waals surface area contributed by atoms with Gasteiger partial charge in [-0.05, 0) is 7.05 Å². The van der Waals surface area contributed by atoms with Crippen molar-refractivity contribution in [1.29, 1.82) is 0 Å². The lowest BCUT2D eigenvalue weighted by molar-refractivity contribution is 0.222. The molecule has 0 fully saturated rings. The van der Waals surface area contributed by atoms with E-state index in [4.69, 9.17) is 10.2 Å². The molecule has 0 amide bonds. The summed E-state index contributed by atoms with van der Waals surface area (Å²) in [5, 5.41) is 0. The molecule has 66 valence electrons. The topological polar surface area (TPSA) is 55.3 Å². The van der Waals surface area contributed by atoms with Crippen molar-refractivity contribution >= 4 is 0 Å². The zero-order valence-electron chi connectivity index (χ0n) is 7.16. The zero-order valence-corrected chi connectivity index (χ0v) is 7.16. The van der Waals surface area contributed by atoms with Crippen LogP contribution in [0.25, 0.3) is 0 Å². The molecule has 0 aromatic carbocycles. The second-order valence-corrected chi connectivity index (χ2v) is 3.14. The molecule has 0 saturated carbocycles. The molecule has 0 saturated heterocycles. The summed E-state index contributed by atoms with van der Waals surface area (Å²) in [6.07, 6.45) is 2.45. The number of oxazole rings is 1. The Balaban J connectivity index is 2.34. The molecule has 2 heterocycles. The quantitative estimate of drug-likeness (QED) is 0.647. The number of likely N-dealkylation sites (N-methyl/N-ethyl adjacent to an activating group) is 1. The number of hydrogen-bond donors (Lipinski definition) is 1. The summed E-state index contributed by atoms with van der Waals surface area (Å²) in [4.78, 5) is 6.38. The number of rotatable bonds is 1. The van der Waals surface area contributed by atoms with Crippen molar-refractivity contribution in [1.82, 2.24) is 9.88 Å². The van der Waals surface area contributed by atoms with Gasteiger partial charge in [-0.3, -0.25) is 4.90 Å². The molecule has 1 aromatic rings. The molecule has 2 N–H and O–H groups in total. The number of nitrogens with two attached hydrogens (primary N) is 1. The Bertz CT molecular complexity index is 271. The van der Waals surface area contributed by atoms with Crippen LogP contribution in [0.3, 0.4) is 0 Å². The van der Waals surface area contributed by atoms with Crippen LogP contribution in [0.2, 0.25) is 0 Å². The third-order valence-electron chi connectivity index (χ3n) is 2.43. The largest absolute Gasteiger partial charge is 0.448 e. The highest BCUT2D eigenvalue weighted by molar-refractivity contribution is 5.16. The van der Waals surface area contributed by atoms with E-state index >= 15 is 0 Å². The van der Waals surface area contributed by atoms with Crippen LogP contribution in [0.15, 0.2) is 10.8 Å². The van der Waals surface area contributed by atoms with Gasteiger partial charge in [0, 0.05) is 19.5 Å². The van der Waals surface area contributed by atoms with Crippen molar-refractivity contribution < 1.29 is 4.42 Å². The van der Waals surface area contributed by atoms with E-state index in [1.165, 1.54) is 6.39 Å². The number of aromatic nitrogens is 1. The van der Waals surface area contributed by atoms with Crippen molar-refractivity contribution in [3.8, 4) is 0 Å². The molecule has 1 unspecified atom stereocenters. The second kappa shape index (κ2) is 2.88. The van der Waals surface area contributed by atoms with Crippen LogP contribution >= 0.6 is 0 Å². The SMILES string of the molecule is CN1CCc2ocnc2C1CN. The molecule has 1 aliphatic heterocycles. The Morgan fingerprint density at radius 2 is 2.67 bits per heavy atom. The highest BCUT2D eigenvalue weighted by Gasteiger charge is 2.26. The first-order chi connectivity index (χ1) is 5.83. The van der Waals surface area contributed by atoms with Crippen LogP contribution in [0.4, 0.5) is 0 Å². The number of hydrogen-bond acceptors (Lipinski definition) is 4. The monoisotopic (exact) mass is 167 g/mol. The fourth-order valence-electron chi connectivity index (χ4n) is 1.67. The minimum Gasteiger partial charge on any atom is -0.448 e. The van der Waals surface area contributed by atoms with Crippen LogP contribution in [0.5, 0.6) is 0 Å². The van der Waals surface area contributed by atoms with Gasteiger partial charge < -0.3 is 10.2 Å². The molecule has 0 spiro atoms. The fourth-order valence-corrected chi connectivity index (χ4v) is 1.67. The van der Waals surface area contributed by atoms with Gasteiger partial charge >= 0.3 is 0 Å². The Morgan fingerprint density at radius 1 is 1.83 bits per heavy atom. The van der Waals surface area contributed by atoms with Crippen LogP contribution in [-0.2, 0) is 6.42 Å². The summed E-state index contributed by atoms with van der Waals surface area (Å²) in [5.41, 5.74) is 6.66. The van der Waals surface area contributed by atoms with E-state index in [1.54, 1.807) is 0 Å². The molecule has 2 rings (SSSR count). The fraction of sp³-hybridized carbons (Fsp3) is 0.625. The molecule has 0 radical (unpaired) electrons. The Labute approximate surface area is 71.4 Å². The Morgan fingerprint density at radius 3 is 3.42 bits per heavy atom. The number of fused-ring (bicyclic) bond motifs is 1. The number of nitrogens with zero attached hydrogens (tertiary/aromatic N) is 2. The first kappa shape index (κ1) is 7.76. The molecular weight excluding hydrogens is 154 g/mol. The van der Waals surface area contributed by atoms with Crippen LogP contribution in [-0.4, -0.2) is 30.0 Å². The third-order valence-corrected chi connectivity index (χ3v) is 2.43. The van der Waals surface area contributed by atoms with E-state index in [2.05, 4.69) is 16.9 Å². The van der Waals surface area contributed by atoms with Gasteiger partial charge in [0.25, 0.3) is 0 Å². The van der Waals surface area contributed by atoms with E-state index in [0.29, 0.717) is 6.54 Å².